The average Bonchev–Trinajstić information content (AvgIpc) is 3.23. The van der Waals surface area contributed by atoms with E-state index in [0.29, 0.717) is 16.4 Å². The highest BCUT2D eigenvalue weighted by Crippen LogP contribution is 2.44. The number of benzene rings is 2. The summed E-state index contributed by atoms with van der Waals surface area (Å²) in [6.07, 6.45) is 0. The van der Waals surface area contributed by atoms with Crippen molar-refractivity contribution in [2.45, 2.75) is 19.9 Å². The highest BCUT2D eigenvalue weighted by Gasteiger charge is 2.48. The Morgan fingerprint density at radius 2 is 1.88 bits per heavy atom. The van der Waals surface area contributed by atoms with Gasteiger partial charge in [-0.25, -0.2) is 9.37 Å². The number of halogens is 2. The number of carbonyl (C=O) groups excluding carboxylic acids is 2. The van der Waals surface area contributed by atoms with E-state index >= 15 is 0 Å². The third kappa shape index (κ3) is 3.65. The van der Waals surface area contributed by atoms with E-state index < -0.39 is 29.3 Å². The predicted molar refractivity (Wildman–Crippen MR) is 121 cm³/mol. The maximum Gasteiger partial charge on any atom is 0.301 e. The summed E-state index contributed by atoms with van der Waals surface area (Å²) in [6.45, 7) is 3.66. The number of aliphatic hydroxyl groups excluding tert-OH is 1. The van der Waals surface area contributed by atoms with Crippen LogP contribution in [-0.4, -0.2) is 28.9 Å². The lowest BCUT2D eigenvalue weighted by Crippen LogP contribution is -2.29. The molecule has 1 amide bonds. The van der Waals surface area contributed by atoms with Gasteiger partial charge in [-0.15, -0.1) is 11.3 Å². The molecule has 1 N–H and O–H groups in total. The number of amides is 1. The van der Waals surface area contributed by atoms with Crippen LogP contribution < -0.4 is 9.64 Å². The molecule has 0 unspecified atom stereocenters. The zero-order valence-electron chi connectivity index (χ0n) is 17.3. The zero-order chi connectivity index (χ0) is 23.2. The first-order chi connectivity index (χ1) is 15.2. The minimum atomic E-state index is -0.985. The lowest BCUT2D eigenvalue weighted by Gasteiger charge is -2.23. The van der Waals surface area contributed by atoms with Crippen LogP contribution in [0.4, 0.5) is 9.52 Å². The van der Waals surface area contributed by atoms with Crippen LogP contribution in [0.25, 0.3) is 5.76 Å². The molecule has 1 aromatic heterocycles. The Hall–Kier alpha value is -3.23. The average molecular weight is 473 g/mol. The van der Waals surface area contributed by atoms with E-state index in [2.05, 4.69) is 4.98 Å². The summed E-state index contributed by atoms with van der Waals surface area (Å²) in [7, 11) is 1.46. The predicted octanol–water partition coefficient (Wildman–Crippen LogP) is 5.19. The Morgan fingerprint density at radius 3 is 2.44 bits per heavy atom. The Kier molecular flexibility index (Phi) is 5.75. The number of anilines is 1. The molecule has 6 nitrogen and oxygen atoms in total. The summed E-state index contributed by atoms with van der Waals surface area (Å²) >= 11 is 7.45. The highest BCUT2D eigenvalue weighted by molar-refractivity contribution is 7.16. The summed E-state index contributed by atoms with van der Waals surface area (Å²) in [5.74, 6) is -2.15. The van der Waals surface area contributed by atoms with Gasteiger partial charge >= 0.3 is 5.91 Å². The number of aryl methyl sites for hydroxylation is 2. The van der Waals surface area contributed by atoms with Crippen molar-refractivity contribution in [3.63, 3.8) is 0 Å². The third-order valence-corrected chi connectivity index (χ3v) is 6.65. The highest BCUT2D eigenvalue weighted by atomic mass is 35.5. The minimum absolute atomic E-state index is 0.131. The number of aromatic nitrogens is 1. The first-order valence-corrected chi connectivity index (χ1v) is 10.8. The molecule has 0 saturated carbocycles. The fourth-order valence-electron chi connectivity index (χ4n) is 3.52. The molecule has 0 radical (unpaired) electrons. The molecule has 32 heavy (non-hydrogen) atoms. The van der Waals surface area contributed by atoms with Crippen molar-refractivity contribution in [1.29, 1.82) is 0 Å². The maximum absolute atomic E-state index is 13.6. The first kappa shape index (κ1) is 22.0. The number of carbonyl (C=O) groups is 2. The van der Waals surface area contributed by atoms with E-state index in [9.17, 15) is 19.1 Å². The van der Waals surface area contributed by atoms with Crippen LogP contribution in [0.15, 0.2) is 48.0 Å². The Bertz CT molecular complexity index is 1250. The Balaban J connectivity index is 1.94. The van der Waals surface area contributed by atoms with Gasteiger partial charge in [0.1, 0.15) is 17.3 Å². The van der Waals surface area contributed by atoms with Gasteiger partial charge in [-0.3, -0.25) is 14.5 Å². The Morgan fingerprint density at radius 1 is 1.19 bits per heavy atom. The summed E-state index contributed by atoms with van der Waals surface area (Å²) in [5.41, 5.74) is 1.30. The molecular weight excluding hydrogens is 455 g/mol. The molecule has 0 bridgehead atoms. The molecule has 1 saturated heterocycles. The Labute approximate surface area is 192 Å². The third-order valence-electron chi connectivity index (χ3n) is 5.28. The second kappa shape index (κ2) is 8.37. The lowest BCUT2D eigenvalue weighted by atomic mass is 9.95. The largest absolute Gasteiger partial charge is 0.507 e. The number of Topliss-reactive ketones (excluding diaryl/α,β-unsaturated/α-hetero) is 1. The number of rotatable bonds is 4. The van der Waals surface area contributed by atoms with Crippen molar-refractivity contribution < 1.29 is 23.8 Å². The van der Waals surface area contributed by atoms with Crippen LogP contribution in [0.2, 0.25) is 5.02 Å². The molecule has 0 spiro atoms. The SMILES string of the molecule is COc1ccc(C(O)=C2C(=O)C(=O)N(c3nc(C)c(C)s3)[C@@H]2c2ccc(F)cc2)cc1Cl. The van der Waals surface area contributed by atoms with Gasteiger partial charge in [0.25, 0.3) is 5.78 Å². The number of hydrogen-bond donors (Lipinski definition) is 1. The summed E-state index contributed by atoms with van der Waals surface area (Å²) in [5, 5.41) is 11.7. The molecule has 1 atom stereocenters. The molecule has 9 heteroatoms. The molecular formula is C23H18ClFN2O4S. The quantitative estimate of drug-likeness (QED) is 0.321. The minimum Gasteiger partial charge on any atom is -0.507 e. The van der Waals surface area contributed by atoms with Gasteiger partial charge < -0.3 is 9.84 Å². The lowest BCUT2D eigenvalue weighted by molar-refractivity contribution is -0.132. The van der Waals surface area contributed by atoms with Crippen LogP contribution in [0.1, 0.15) is 27.7 Å². The summed E-state index contributed by atoms with van der Waals surface area (Å²) < 4.78 is 18.7. The van der Waals surface area contributed by atoms with Crippen molar-refractivity contribution in [2.75, 3.05) is 12.0 Å². The number of methoxy groups -OCH3 is 1. The molecule has 3 aromatic rings. The molecule has 1 aliphatic rings. The van der Waals surface area contributed by atoms with Gasteiger partial charge in [-0.1, -0.05) is 23.7 Å². The van der Waals surface area contributed by atoms with Crippen LogP contribution in [0.3, 0.4) is 0 Å². The van der Waals surface area contributed by atoms with Gasteiger partial charge in [0.2, 0.25) is 0 Å². The van der Waals surface area contributed by atoms with E-state index in [4.69, 9.17) is 16.3 Å². The number of aliphatic hydroxyl groups is 1. The van der Waals surface area contributed by atoms with E-state index in [0.717, 1.165) is 10.6 Å². The van der Waals surface area contributed by atoms with Gasteiger partial charge in [0, 0.05) is 10.4 Å². The van der Waals surface area contributed by atoms with Crippen LogP contribution in [-0.2, 0) is 9.59 Å². The van der Waals surface area contributed by atoms with Gasteiger partial charge in [-0.05, 0) is 49.7 Å². The zero-order valence-corrected chi connectivity index (χ0v) is 18.9. The molecule has 2 heterocycles. The second-order valence-corrected chi connectivity index (χ2v) is 8.80. The van der Waals surface area contributed by atoms with Gasteiger partial charge in [-0.2, -0.15) is 0 Å². The molecule has 4 rings (SSSR count). The molecule has 1 aliphatic heterocycles. The summed E-state index contributed by atoms with van der Waals surface area (Å²) in [4.78, 5) is 32.7. The first-order valence-electron chi connectivity index (χ1n) is 9.57. The van der Waals surface area contributed by atoms with Crippen molar-refractivity contribution >= 4 is 45.5 Å². The topological polar surface area (TPSA) is 79.7 Å². The fourth-order valence-corrected chi connectivity index (χ4v) is 4.71. The molecule has 2 aromatic carbocycles. The van der Waals surface area contributed by atoms with E-state index in [1.807, 2.05) is 6.92 Å². The van der Waals surface area contributed by atoms with E-state index in [-0.39, 0.29) is 16.2 Å². The normalized spacial score (nSPS) is 17.8. The number of ether oxygens (including phenoxy) is 1. The van der Waals surface area contributed by atoms with Crippen molar-refractivity contribution in [3.05, 3.63) is 80.6 Å². The van der Waals surface area contributed by atoms with Crippen molar-refractivity contribution in [1.82, 2.24) is 4.98 Å². The monoisotopic (exact) mass is 472 g/mol. The molecule has 0 aliphatic carbocycles. The standard InChI is InChI=1S/C23H18ClFN2O4S/c1-11-12(2)32-23(26-11)27-19(13-4-7-15(25)8-5-13)18(21(29)22(27)30)20(28)14-6-9-17(31-3)16(24)10-14/h4-10,19,28H,1-3H3/t19-/m1/s1. The number of nitrogens with zero attached hydrogens (tertiary/aromatic N) is 2. The maximum atomic E-state index is 13.6. The molecule has 164 valence electrons. The van der Waals surface area contributed by atoms with Gasteiger partial charge in [0.15, 0.2) is 5.13 Å². The number of hydrogen-bond acceptors (Lipinski definition) is 6. The van der Waals surface area contributed by atoms with Crippen molar-refractivity contribution in [3.8, 4) is 5.75 Å². The molecule has 1 fully saturated rings. The van der Waals surface area contributed by atoms with E-state index in [1.54, 1.807) is 13.0 Å². The van der Waals surface area contributed by atoms with Crippen LogP contribution >= 0.6 is 22.9 Å². The second-order valence-electron chi connectivity index (χ2n) is 7.21. The van der Waals surface area contributed by atoms with Gasteiger partial charge in [0.05, 0.1) is 29.4 Å². The van der Waals surface area contributed by atoms with E-state index in [1.165, 1.54) is 59.7 Å². The van der Waals surface area contributed by atoms with Crippen LogP contribution in [0, 0.1) is 19.7 Å². The number of thiazole rings is 1. The van der Waals surface area contributed by atoms with Crippen molar-refractivity contribution in [2.24, 2.45) is 0 Å². The fraction of sp³-hybridized carbons (Fsp3) is 0.174. The smallest absolute Gasteiger partial charge is 0.301 e. The number of ketones is 1. The summed E-state index contributed by atoms with van der Waals surface area (Å²) in [6, 6.07) is 8.96. The van der Waals surface area contributed by atoms with Crippen LogP contribution in [0.5, 0.6) is 5.75 Å².